The van der Waals surface area contributed by atoms with Crippen molar-refractivity contribution in [1.82, 2.24) is 21.0 Å². The fourth-order valence-electron chi connectivity index (χ4n) is 2.22. The van der Waals surface area contributed by atoms with Crippen molar-refractivity contribution in [3.63, 3.8) is 0 Å². The number of anilines is 2. The Hall–Kier alpha value is -2.91. The lowest BCUT2D eigenvalue weighted by molar-refractivity contribution is -0.121. The van der Waals surface area contributed by atoms with Crippen LogP contribution >= 0.6 is 23.1 Å². The summed E-state index contributed by atoms with van der Waals surface area (Å²) in [7, 11) is 0. The largest absolute Gasteiger partial charge is 0.330 e. The van der Waals surface area contributed by atoms with Crippen LogP contribution < -0.4 is 16.2 Å². The van der Waals surface area contributed by atoms with Crippen LogP contribution in [0, 0.1) is 6.92 Å². The van der Waals surface area contributed by atoms with E-state index < -0.39 is 5.25 Å². The summed E-state index contributed by atoms with van der Waals surface area (Å²) in [6.07, 6.45) is 0. The van der Waals surface area contributed by atoms with Crippen LogP contribution in [0.4, 0.5) is 10.8 Å². The number of hydrogen-bond donors (Lipinski definition) is 3. The van der Waals surface area contributed by atoms with E-state index >= 15 is 0 Å². The molecule has 144 valence electrons. The second-order valence-electron chi connectivity index (χ2n) is 5.88. The van der Waals surface area contributed by atoms with Gasteiger partial charge in [-0.1, -0.05) is 59.5 Å². The number of hydrogen-bond acceptors (Lipinski definition) is 7. The van der Waals surface area contributed by atoms with E-state index in [9.17, 15) is 9.59 Å². The molecule has 28 heavy (non-hydrogen) atoms. The Bertz CT molecular complexity index is 962. The predicted octanol–water partition coefficient (Wildman–Crippen LogP) is 3.53. The molecule has 3 N–H and O–H groups in total. The monoisotopic (exact) mass is 413 g/mol. The van der Waals surface area contributed by atoms with Crippen molar-refractivity contribution in [2.24, 2.45) is 0 Å². The second kappa shape index (κ2) is 9.34. The number of nitrogens with zero attached hydrogens (tertiary/aromatic N) is 2. The molecule has 9 heteroatoms. The van der Waals surface area contributed by atoms with Gasteiger partial charge < -0.3 is 5.32 Å². The zero-order chi connectivity index (χ0) is 19.9. The van der Waals surface area contributed by atoms with Crippen LogP contribution in [0.1, 0.15) is 22.8 Å². The Labute approximate surface area is 170 Å². The van der Waals surface area contributed by atoms with Crippen molar-refractivity contribution in [3.8, 4) is 0 Å². The summed E-state index contributed by atoms with van der Waals surface area (Å²) in [6.45, 7) is 3.75. The molecule has 0 saturated carbocycles. The van der Waals surface area contributed by atoms with Gasteiger partial charge in [-0.2, -0.15) is 0 Å². The molecular weight excluding hydrogens is 394 g/mol. The van der Waals surface area contributed by atoms with Gasteiger partial charge >= 0.3 is 0 Å². The third-order valence-corrected chi connectivity index (χ3v) is 5.80. The highest BCUT2D eigenvalue weighted by molar-refractivity contribution is 8.02. The number of amides is 2. The summed E-state index contributed by atoms with van der Waals surface area (Å²) in [5.74, 6) is -0.690. The van der Waals surface area contributed by atoms with Gasteiger partial charge in [-0.15, -0.1) is 10.2 Å². The molecular formula is C19H19N5O2S2. The van der Waals surface area contributed by atoms with Crippen LogP contribution in [0.3, 0.4) is 0 Å². The van der Waals surface area contributed by atoms with Crippen LogP contribution in [-0.2, 0) is 4.79 Å². The van der Waals surface area contributed by atoms with Crippen molar-refractivity contribution < 1.29 is 9.59 Å². The minimum absolute atomic E-state index is 0.321. The minimum atomic E-state index is -0.449. The van der Waals surface area contributed by atoms with Crippen LogP contribution in [0.5, 0.6) is 0 Å². The van der Waals surface area contributed by atoms with Crippen LogP contribution in [0.2, 0.25) is 0 Å². The number of nitrogens with one attached hydrogen (secondary N) is 3. The molecule has 0 radical (unpaired) electrons. The maximum Gasteiger partial charge on any atom is 0.269 e. The highest BCUT2D eigenvalue weighted by Gasteiger charge is 2.18. The van der Waals surface area contributed by atoms with Gasteiger partial charge in [-0.05, 0) is 37.6 Å². The van der Waals surface area contributed by atoms with E-state index in [0.717, 1.165) is 11.3 Å². The van der Waals surface area contributed by atoms with Crippen molar-refractivity contribution in [1.29, 1.82) is 0 Å². The molecule has 0 aliphatic rings. The van der Waals surface area contributed by atoms with Gasteiger partial charge in [-0.25, -0.2) is 0 Å². The Morgan fingerprint density at radius 2 is 1.71 bits per heavy atom. The number of carbonyl (C=O) groups is 2. The summed E-state index contributed by atoms with van der Waals surface area (Å²) < 4.78 is 0.660. The first-order chi connectivity index (χ1) is 13.5. The van der Waals surface area contributed by atoms with Crippen molar-refractivity contribution >= 4 is 45.7 Å². The predicted molar refractivity (Wildman–Crippen MR) is 112 cm³/mol. The molecule has 3 aromatic rings. The summed E-state index contributed by atoms with van der Waals surface area (Å²) >= 11 is 2.64. The van der Waals surface area contributed by atoms with Crippen LogP contribution in [0.25, 0.3) is 0 Å². The van der Waals surface area contributed by atoms with Crippen molar-refractivity contribution in [2.75, 3.05) is 5.32 Å². The van der Waals surface area contributed by atoms with E-state index in [1.807, 2.05) is 37.3 Å². The normalized spacial score (nSPS) is 11.5. The van der Waals surface area contributed by atoms with Gasteiger partial charge in [-0.3, -0.25) is 20.4 Å². The molecule has 7 nitrogen and oxygen atoms in total. The SMILES string of the molecule is Cc1ccccc1Nc1nnc(S[C@H](C)C(=O)NNC(=O)c2ccccc2)s1. The second-order valence-corrected chi connectivity index (χ2v) is 8.45. The Morgan fingerprint density at radius 3 is 2.46 bits per heavy atom. The van der Waals surface area contributed by atoms with Crippen LogP contribution in [0.15, 0.2) is 58.9 Å². The van der Waals surface area contributed by atoms with Gasteiger partial charge in [0.15, 0.2) is 4.34 Å². The molecule has 0 unspecified atom stereocenters. The summed E-state index contributed by atoms with van der Waals surface area (Å²) in [5, 5.41) is 11.7. The van der Waals surface area contributed by atoms with E-state index in [0.29, 0.717) is 15.0 Å². The Balaban J connectivity index is 1.51. The smallest absolute Gasteiger partial charge is 0.269 e. The molecule has 1 aromatic heterocycles. The number of hydrazine groups is 1. The first-order valence-electron chi connectivity index (χ1n) is 8.51. The molecule has 0 fully saturated rings. The average Bonchev–Trinajstić information content (AvgIpc) is 3.15. The quantitative estimate of drug-likeness (QED) is 0.423. The van der Waals surface area contributed by atoms with Crippen molar-refractivity contribution in [2.45, 2.75) is 23.4 Å². The lowest BCUT2D eigenvalue weighted by atomic mass is 10.2. The number of thioether (sulfide) groups is 1. The maximum absolute atomic E-state index is 12.2. The van der Waals surface area contributed by atoms with Gasteiger partial charge in [0.05, 0.1) is 5.25 Å². The van der Waals surface area contributed by atoms with Gasteiger partial charge in [0.2, 0.25) is 5.13 Å². The molecule has 0 aliphatic heterocycles. The molecule has 1 atom stereocenters. The average molecular weight is 414 g/mol. The zero-order valence-electron chi connectivity index (χ0n) is 15.3. The number of aromatic nitrogens is 2. The van der Waals surface area contributed by atoms with E-state index in [1.54, 1.807) is 31.2 Å². The minimum Gasteiger partial charge on any atom is -0.330 e. The summed E-state index contributed by atoms with van der Waals surface area (Å²) in [5.41, 5.74) is 7.39. The molecule has 0 bridgehead atoms. The molecule has 2 aromatic carbocycles. The van der Waals surface area contributed by atoms with E-state index in [1.165, 1.54) is 23.1 Å². The number of rotatable bonds is 6. The number of benzene rings is 2. The summed E-state index contributed by atoms with van der Waals surface area (Å²) in [4.78, 5) is 24.2. The highest BCUT2D eigenvalue weighted by atomic mass is 32.2. The fourth-order valence-corrected chi connectivity index (χ4v) is 4.13. The number of para-hydroxylation sites is 1. The van der Waals surface area contributed by atoms with Crippen molar-refractivity contribution in [3.05, 3.63) is 65.7 Å². The first-order valence-corrected chi connectivity index (χ1v) is 10.2. The third-order valence-electron chi connectivity index (χ3n) is 3.78. The van der Waals surface area contributed by atoms with E-state index in [-0.39, 0.29) is 11.8 Å². The molecule has 3 rings (SSSR count). The van der Waals surface area contributed by atoms with Gasteiger partial charge in [0.25, 0.3) is 11.8 Å². The standard InChI is InChI=1S/C19H19N5O2S2/c1-12-8-6-7-11-15(12)20-18-23-24-19(28-18)27-13(2)16(25)21-22-17(26)14-9-4-3-5-10-14/h3-11,13H,1-2H3,(H,20,23)(H,21,25)(H,22,26)/t13-/m1/s1. The fraction of sp³-hybridized carbons (Fsp3) is 0.158. The van der Waals surface area contributed by atoms with Gasteiger partial charge in [0.1, 0.15) is 0 Å². The molecule has 0 aliphatic carbocycles. The Kier molecular flexibility index (Phi) is 6.62. The van der Waals surface area contributed by atoms with E-state index in [4.69, 9.17) is 0 Å². The molecule has 2 amide bonds. The number of carbonyl (C=O) groups excluding carboxylic acids is 2. The summed E-state index contributed by atoms with van der Waals surface area (Å²) in [6, 6.07) is 16.6. The highest BCUT2D eigenvalue weighted by Crippen LogP contribution is 2.31. The van der Waals surface area contributed by atoms with Crippen LogP contribution in [-0.4, -0.2) is 27.3 Å². The van der Waals surface area contributed by atoms with Gasteiger partial charge in [0, 0.05) is 11.3 Å². The Morgan fingerprint density at radius 1 is 1.00 bits per heavy atom. The topological polar surface area (TPSA) is 96.0 Å². The first kappa shape index (κ1) is 19.8. The maximum atomic E-state index is 12.2. The lowest BCUT2D eigenvalue weighted by Crippen LogP contribution is -2.44. The molecule has 0 saturated heterocycles. The van der Waals surface area contributed by atoms with E-state index in [2.05, 4.69) is 26.4 Å². The third kappa shape index (κ3) is 5.30. The molecule has 0 spiro atoms. The lowest BCUT2D eigenvalue weighted by Gasteiger charge is -2.11. The number of aryl methyl sites for hydroxylation is 1. The zero-order valence-corrected chi connectivity index (χ0v) is 16.9. The molecule has 1 heterocycles.